The predicted molar refractivity (Wildman–Crippen MR) is 57.2 cm³/mol. The fraction of sp³-hybridized carbons (Fsp3) is 0.500. The van der Waals surface area contributed by atoms with Crippen LogP contribution in [0, 0.1) is 11.2 Å². The molecule has 0 aliphatic heterocycles. The lowest BCUT2D eigenvalue weighted by Crippen LogP contribution is -2.24. The van der Waals surface area contributed by atoms with Gasteiger partial charge in [0.05, 0.1) is 6.20 Å². The monoisotopic (exact) mass is 216 g/mol. The number of nitrogens with one attached hydrogen (secondary N) is 1. The average Bonchev–Trinajstić information content (AvgIpc) is 2.17. The van der Waals surface area contributed by atoms with Gasteiger partial charge in [0.1, 0.15) is 11.6 Å². The van der Waals surface area contributed by atoms with Crippen molar-refractivity contribution in [2.24, 2.45) is 5.41 Å². The standard InChI is InChI=1S/C10H14ClFN2/c1-10(2,6-11)7-14-9-4-3-8(12)5-13-9/h3-5H,6-7H2,1-2H3,(H,13,14). The molecule has 1 aromatic rings. The fourth-order valence-electron chi connectivity index (χ4n) is 0.857. The molecular formula is C10H14ClFN2. The van der Waals surface area contributed by atoms with E-state index in [9.17, 15) is 4.39 Å². The second-order valence-corrected chi connectivity index (χ2v) is 4.28. The molecule has 0 aromatic carbocycles. The minimum Gasteiger partial charge on any atom is -0.369 e. The van der Waals surface area contributed by atoms with Crippen molar-refractivity contribution in [3.05, 3.63) is 24.1 Å². The van der Waals surface area contributed by atoms with Crippen molar-refractivity contribution in [2.45, 2.75) is 13.8 Å². The Bertz CT molecular complexity index is 285. The van der Waals surface area contributed by atoms with Gasteiger partial charge in [-0.05, 0) is 17.5 Å². The van der Waals surface area contributed by atoms with Gasteiger partial charge in [-0.2, -0.15) is 0 Å². The molecular weight excluding hydrogens is 203 g/mol. The molecule has 0 amide bonds. The third-order valence-electron chi connectivity index (χ3n) is 1.84. The Kier molecular flexibility index (Phi) is 3.69. The van der Waals surface area contributed by atoms with E-state index in [1.165, 1.54) is 12.3 Å². The number of halogens is 2. The summed E-state index contributed by atoms with van der Waals surface area (Å²) in [5, 5.41) is 3.10. The molecule has 0 radical (unpaired) electrons. The molecule has 0 aliphatic rings. The molecule has 0 unspecified atom stereocenters. The zero-order valence-electron chi connectivity index (χ0n) is 8.35. The first-order chi connectivity index (χ1) is 6.53. The highest BCUT2D eigenvalue weighted by molar-refractivity contribution is 6.18. The van der Waals surface area contributed by atoms with E-state index in [1.54, 1.807) is 6.07 Å². The summed E-state index contributed by atoms with van der Waals surface area (Å²) in [6.07, 6.45) is 1.19. The van der Waals surface area contributed by atoms with E-state index >= 15 is 0 Å². The molecule has 1 rings (SSSR count). The number of alkyl halides is 1. The van der Waals surface area contributed by atoms with Crippen molar-refractivity contribution in [3.63, 3.8) is 0 Å². The van der Waals surface area contributed by atoms with Crippen LogP contribution >= 0.6 is 11.6 Å². The minimum atomic E-state index is -0.327. The second-order valence-electron chi connectivity index (χ2n) is 4.01. The van der Waals surface area contributed by atoms with Crippen LogP contribution in [0.25, 0.3) is 0 Å². The first-order valence-electron chi connectivity index (χ1n) is 4.45. The molecule has 4 heteroatoms. The van der Waals surface area contributed by atoms with E-state index in [2.05, 4.69) is 24.1 Å². The van der Waals surface area contributed by atoms with Crippen molar-refractivity contribution in [2.75, 3.05) is 17.7 Å². The lowest BCUT2D eigenvalue weighted by Gasteiger charge is -2.21. The van der Waals surface area contributed by atoms with Crippen LogP contribution in [0.15, 0.2) is 18.3 Å². The zero-order valence-corrected chi connectivity index (χ0v) is 9.11. The van der Waals surface area contributed by atoms with Crippen molar-refractivity contribution >= 4 is 17.4 Å². The number of hydrogen-bond donors (Lipinski definition) is 1. The molecule has 0 fully saturated rings. The zero-order chi connectivity index (χ0) is 10.6. The Morgan fingerprint density at radius 1 is 1.50 bits per heavy atom. The molecule has 0 bridgehead atoms. The highest BCUT2D eigenvalue weighted by Gasteiger charge is 2.15. The molecule has 1 N–H and O–H groups in total. The highest BCUT2D eigenvalue weighted by Crippen LogP contribution is 2.17. The van der Waals surface area contributed by atoms with Crippen molar-refractivity contribution in [3.8, 4) is 0 Å². The van der Waals surface area contributed by atoms with Crippen LogP contribution in [0.4, 0.5) is 10.2 Å². The van der Waals surface area contributed by atoms with Gasteiger partial charge in [-0.25, -0.2) is 9.37 Å². The number of pyridine rings is 1. The Labute approximate surface area is 88.5 Å². The van der Waals surface area contributed by atoms with E-state index in [1.807, 2.05) is 0 Å². The maximum Gasteiger partial charge on any atom is 0.141 e. The third kappa shape index (κ3) is 3.50. The number of aromatic nitrogens is 1. The fourth-order valence-corrected chi connectivity index (χ4v) is 0.952. The van der Waals surface area contributed by atoms with Crippen LogP contribution < -0.4 is 5.32 Å². The van der Waals surface area contributed by atoms with E-state index in [0.717, 1.165) is 6.54 Å². The van der Waals surface area contributed by atoms with Crippen LogP contribution in [0.1, 0.15) is 13.8 Å². The number of hydrogen-bond acceptors (Lipinski definition) is 2. The summed E-state index contributed by atoms with van der Waals surface area (Å²) in [5.74, 6) is 0.915. The van der Waals surface area contributed by atoms with Crippen LogP contribution in [0.3, 0.4) is 0 Å². The Balaban J connectivity index is 2.50. The molecule has 2 nitrogen and oxygen atoms in total. The molecule has 0 aliphatic carbocycles. The van der Waals surface area contributed by atoms with Gasteiger partial charge in [-0.15, -0.1) is 11.6 Å². The minimum absolute atomic E-state index is 0.0115. The van der Waals surface area contributed by atoms with Crippen molar-refractivity contribution in [1.82, 2.24) is 4.98 Å². The van der Waals surface area contributed by atoms with Crippen molar-refractivity contribution in [1.29, 1.82) is 0 Å². The highest BCUT2D eigenvalue weighted by atomic mass is 35.5. The first kappa shape index (κ1) is 11.2. The van der Waals surface area contributed by atoms with E-state index < -0.39 is 0 Å². The van der Waals surface area contributed by atoms with Crippen LogP contribution in [-0.2, 0) is 0 Å². The van der Waals surface area contributed by atoms with Crippen LogP contribution in [0.5, 0.6) is 0 Å². The average molecular weight is 217 g/mol. The Morgan fingerprint density at radius 2 is 2.21 bits per heavy atom. The Morgan fingerprint density at radius 3 is 2.71 bits per heavy atom. The summed E-state index contributed by atoms with van der Waals surface area (Å²) >= 11 is 5.76. The van der Waals surface area contributed by atoms with Gasteiger partial charge >= 0.3 is 0 Å². The number of anilines is 1. The van der Waals surface area contributed by atoms with Gasteiger partial charge < -0.3 is 5.32 Å². The smallest absolute Gasteiger partial charge is 0.141 e. The van der Waals surface area contributed by atoms with Gasteiger partial charge in [0.25, 0.3) is 0 Å². The number of nitrogens with zero attached hydrogens (tertiary/aromatic N) is 1. The molecule has 1 heterocycles. The van der Waals surface area contributed by atoms with Gasteiger partial charge in [-0.3, -0.25) is 0 Å². The molecule has 0 saturated heterocycles. The lowest BCUT2D eigenvalue weighted by atomic mass is 9.97. The Hall–Kier alpha value is -0.830. The van der Waals surface area contributed by atoms with E-state index in [4.69, 9.17) is 11.6 Å². The number of rotatable bonds is 4. The molecule has 1 aromatic heterocycles. The van der Waals surface area contributed by atoms with Gasteiger partial charge in [0, 0.05) is 12.4 Å². The predicted octanol–water partition coefficient (Wildman–Crippen LogP) is 2.90. The van der Waals surface area contributed by atoms with Crippen molar-refractivity contribution < 1.29 is 4.39 Å². The summed E-state index contributed by atoms with van der Waals surface area (Å²) in [4.78, 5) is 3.89. The van der Waals surface area contributed by atoms with Gasteiger partial charge in [0.2, 0.25) is 0 Å². The maximum absolute atomic E-state index is 12.5. The summed E-state index contributed by atoms with van der Waals surface area (Å²) in [5.41, 5.74) is 0.0115. The third-order valence-corrected chi connectivity index (χ3v) is 2.56. The molecule has 78 valence electrons. The normalized spacial score (nSPS) is 11.4. The summed E-state index contributed by atoms with van der Waals surface area (Å²) in [6.45, 7) is 4.82. The summed E-state index contributed by atoms with van der Waals surface area (Å²) in [7, 11) is 0. The molecule has 14 heavy (non-hydrogen) atoms. The molecule has 0 atom stereocenters. The van der Waals surface area contributed by atoms with E-state index in [0.29, 0.717) is 11.7 Å². The lowest BCUT2D eigenvalue weighted by molar-refractivity contribution is 0.449. The van der Waals surface area contributed by atoms with Crippen LogP contribution in [-0.4, -0.2) is 17.4 Å². The summed E-state index contributed by atoms with van der Waals surface area (Å²) < 4.78 is 12.5. The van der Waals surface area contributed by atoms with Crippen LogP contribution in [0.2, 0.25) is 0 Å². The van der Waals surface area contributed by atoms with Gasteiger partial charge in [0.15, 0.2) is 0 Å². The maximum atomic E-state index is 12.5. The van der Waals surface area contributed by atoms with Gasteiger partial charge in [-0.1, -0.05) is 13.8 Å². The SMILES string of the molecule is CC(C)(CCl)CNc1ccc(F)cn1. The largest absolute Gasteiger partial charge is 0.369 e. The molecule has 0 saturated carbocycles. The topological polar surface area (TPSA) is 24.9 Å². The van der Waals surface area contributed by atoms with E-state index in [-0.39, 0.29) is 11.2 Å². The molecule has 0 spiro atoms. The quantitative estimate of drug-likeness (QED) is 0.783. The second kappa shape index (κ2) is 4.60. The first-order valence-corrected chi connectivity index (χ1v) is 4.98. The summed E-state index contributed by atoms with van der Waals surface area (Å²) in [6, 6.07) is 2.99.